The maximum absolute atomic E-state index is 12.1. The van der Waals surface area contributed by atoms with Gasteiger partial charge in [-0.25, -0.2) is 0 Å². The Bertz CT molecular complexity index is 236. The van der Waals surface area contributed by atoms with Gasteiger partial charge in [-0.3, -0.25) is 4.79 Å². The molecule has 1 atom stereocenters. The average Bonchev–Trinajstić information content (AvgIpc) is 2.42. The molecule has 0 radical (unpaired) electrons. The standard InChI is InChI=1S/C12H24N2O/c1-9(2)8-10(13)11(15)14-7-5-6-12(14,3)4/h9-10H,5-8,13H2,1-4H3. The number of nitrogens with zero attached hydrogens (tertiary/aromatic N) is 1. The summed E-state index contributed by atoms with van der Waals surface area (Å²) in [5.74, 6) is 0.612. The second kappa shape index (κ2) is 4.52. The lowest BCUT2D eigenvalue weighted by Crippen LogP contribution is -2.50. The fraction of sp³-hybridized carbons (Fsp3) is 0.917. The Morgan fingerprint density at radius 1 is 1.47 bits per heavy atom. The predicted molar refractivity (Wildman–Crippen MR) is 62.5 cm³/mol. The number of hydrogen-bond donors (Lipinski definition) is 1. The second-order valence-corrected chi connectivity index (χ2v) is 5.64. The topological polar surface area (TPSA) is 46.3 Å². The smallest absolute Gasteiger partial charge is 0.239 e. The van der Waals surface area contributed by atoms with Crippen molar-refractivity contribution in [3.63, 3.8) is 0 Å². The van der Waals surface area contributed by atoms with E-state index in [0.29, 0.717) is 5.92 Å². The van der Waals surface area contributed by atoms with Crippen molar-refractivity contribution in [2.45, 2.75) is 58.5 Å². The van der Waals surface area contributed by atoms with E-state index in [9.17, 15) is 4.79 Å². The molecular formula is C12H24N2O. The highest BCUT2D eigenvalue weighted by Gasteiger charge is 2.37. The summed E-state index contributed by atoms with van der Waals surface area (Å²) in [6.45, 7) is 9.32. The van der Waals surface area contributed by atoms with Crippen molar-refractivity contribution in [1.29, 1.82) is 0 Å². The molecule has 2 N–H and O–H groups in total. The quantitative estimate of drug-likeness (QED) is 0.775. The summed E-state index contributed by atoms with van der Waals surface area (Å²) < 4.78 is 0. The maximum Gasteiger partial charge on any atom is 0.239 e. The summed E-state index contributed by atoms with van der Waals surface area (Å²) in [5, 5.41) is 0. The van der Waals surface area contributed by atoms with Crippen LogP contribution in [0.3, 0.4) is 0 Å². The van der Waals surface area contributed by atoms with Crippen molar-refractivity contribution in [2.75, 3.05) is 6.54 Å². The van der Waals surface area contributed by atoms with E-state index in [1.54, 1.807) is 0 Å². The van der Waals surface area contributed by atoms with Gasteiger partial charge in [0.1, 0.15) is 0 Å². The van der Waals surface area contributed by atoms with Gasteiger partial charge in [-0.15, -0.1) is 0 Å². The minimum Gasteiger partial charge on any atom is -0.336 e. The Labute approximate surface area is 93.0 Å². The minimum atomic E-state index is -0.317. The van der Waals surface area contributed by atoms with Crippen molar-refractivity contribution in [3.8, 4) is 0 Å². The van der Waals surface area contributed by atoms with E-state index in [-0.39, 0.29) is 17.5 Å². The Hall–Kier alpha value is -0.570. The molecule has 1 fully saturated rings. The van der Waals surface area contributed by atoms with Crippen LogP contribution in [0.5, 0.6) is 0 Å². The number of carbonyl (C=O) groups is 1. The van der Waals surface area contributed by atoms with Gasteiger partial charge in [0.25, 0.3) is 0 Å². The van der Waals surface area contributed by atoms with E-state index in [0.717, 1.165) is 25.8 Å². The van der Waals surface area contributed by atoms with E-state index in [1.807, 2.05) is 4.90 Å². The van der Waals surface area contributed by atoms with E-state index >= 15 is 0 Å². The summed E-state index contributed by atoms with van der Waals surface area (Å²) >= 11 is 0. The van der Waals surface area contributed by atoms with E-state index < -0.39 is 0 Å². The lowest BCUT2D eigenvalue weighted by molar-refractivity contribution is -0.136. The highest BCUT2D eigenvalue weighted by Crippen LogP contribution is 2.28. The van der Waals surface area contributed by atoms with Crippen LogP contribution >= 0.6 is 0 Å². The van der Waals surface area contributed by atoms with Gasteiger partial charge in [-0.1, -0.05) is 13.8 Å². The molecule has 1 saturated heterocycles. The highest BCUT2D eigenvalue weighted by molar-refractivity contribution is 5.82. The number of nitrogens with two attached hydrogens (primary N) is 1. The molecule has 0 bridgehead atoms. The first kappa shape index (κ1) is 12.5. The summed E-state index contributed by atoms with van der Waals surface area (Å²) in [5.41, 5.74) is 5.93. The molecule has 15 heavy (non-hydrogen) atoms. The van der Waals surface area contributed by atoms with Gasteiger partial charge >= 0.3 is 0 Å². The van der Waals surface area contributed by atoms with E-state index in [2.05, 4.69) is 27.7 Å². The van der Waals surface area contributed by atoms with Gasteiger partial charge in [0, 0.05) is 12.1 Å². The fourth-order valence-electron chi connectivity index (χ4n) is 2.32. The molecule has 88 valence electrons. The SMILES string of the molecule is CC(C)CC(N)C(=O)N1CCCC1(C)C. The fourth-order valence-corrected chi connectivity index (χ4v) is 2.32. The zero-order chi connectivity index (χ0) is 11.6. The van der Waals surface area contributed by atoms with Crippen LogP contribution in [0.25, 0.3) is 0 Å². The summed E-state index contributed by atoms with van der Waals surface area (Å²) in [6, 6.07) is -0.317. The van der Waals surface area contributed by atoms with Crippen LogP contribution in [-0.4, -0.2) is 28.9 Å². The molecular weight excluding hydrogens is 188 g/mol. The van der Waals surface area contributed by atoms with E-state index in [4.69, 9.17) is 5.73 Å². The number of rotatable bonds is 3. The molecule has 0 aliphatic carbocycles. The zero-order valence-corrected chi connectivity index (χ0v) is 10.4. The normalized spacial score (nSPS) is 22.1. The number of amides is 1. The summed E-state index contributed by atoms with van der Waals surface area (Å²) in [7, 11) is 0. The van der Waals surface area contributed by atoms with Crippen LogP contribution in [0.4, 0.5) is 0 Å². The second-order valence-electron chi connectivity index (χ2n) is 5.64. The van der Waals surface area contributed by atoms with Crippen LogP contribution in [0, 0.1) is 5.92 Å². The maximum atomic E-state index is 12.1. The third-order valence-corrected chi connectivity index (χ3v) is 3.21. The molecule has 1 unspecified atom stereocenters. The molecule has 0 saturated carbocycles. The van der Waals surface area contributed by atoms with Gasteiger partial charge in [-0.05, 0) is 39.0 Å². The summed E-state index contributed by atoms with van der Waals surface area (Å²) in [6.07, 6.45) is 2.98. The van der Waals surface area contributed by atoms with Crippen LogP contribution in [-0.2, 0) is 4.79 Å². The first-order valence-corrected chi connectivity index (χ1v) is 5.91. The number of likely N-dealkylation sites (tertiary alicyclic amines) is 1. The molecule has 1 aliphatic heterocycles. The number of carbonyl (C=O) groups excluding carboxylic acids is 1. The molecule has 3 heteroatoms. The molecule has 1 rings (SSSR count). The third kappa shape index (κ3) is 2.94. The number of hydrogen-bond acceptors (Lipinski definition) is 2. The van der Waals surface area contributed by atoms with Gasteiger partial charge in [0.15, 0.2) is 0 Å². The monoisotopic (exact) mass is 212 g/mol. The minimum absolute atomic E-state index is 0.00564. The molecule has 1 aliphatic rings. The van der Waals surface area contributed by atoms with Gasteiger partial charge in [0.2, 0.25) is 5.91 Å². The Morgan fingerprint density at radius 3 is 2.47 bits per heavy atom. The highest BCUT2D eigenvalue weighted by atomic mass is 16.2. The largest absolute Gasteiger partial charge is 0.336 e. The van der Waals surface area contributed by atoms with Gasteiger partial charge < -0.3 is 10.6 Å². The molecule has 0 aromatic rings. The van der Waals surface area contributed by atoms with Crippen molar-refractivity contribution in [1.82, 2.24) is 4.90 Å². The van der Waals surface area contributed by atoms with Crippen LogP contribution < -0.4 is 5.73 Å². The Kier molecular flexibility index (Phi) is 3.77. The molecule has 1 amide bonds. The van der Waals surface area contributed by atoms with Crippen molar-refractivity contribution >= 4 is 5.91 Å². The lowest BCUT2D eigenvalue weighted by atomic mass is 9.99. The average molecular weight is 212 g/mol. The first-order valence-electron chi connectivity index (χ1n) is 5.91. The molecule has 0 aromatic heterocycles. The van der Waals surface area contributed by atoms with Gasteiger partial charge in [0.05, 0.1) is 6.04 Å². The lowest BCUT2D eigenvalue weighted by Gasteiger charge is -2.33. The molecule has 0 spiro atoms. The molecule has 3 nitrogen and oxygen atoms in total. The van der Waals surface area contributed by atoms with Crippen LogP contribution in [0.1, 0.15) is 47.0 Å². The molecule has 0 aromatic carbocycles. The van der Waals surface area contributed by atoms with Crippen molar-refractivity contribution in [3.05, 3.63) is 0 Å². The van der Waals surface area contributed by atoms with Crippen molar-refractivity contribution in [2.24, 2.45) is 11.7 Å². The van der Waals surface area contributed by atoms with Crippen LogP contribution in [0.15, 0.2) is 0 Å². The molecule has 1 heterocycles. The zero-order valence-electron chi connectivity index (χ0n) is 10.4. The van der Waals surface area contributed by atoms with Gasteiger partial charge in [-0.2, -0.15) is 0 Å². The predicted octanol–water partition coefficient (Wildman–Crippen LogP) is 1.76. The van der Waals surface area contributed by atoms with Crippen molar-refractivity contribution < 1.29 is 4.79 Å². The summed E-state index contributed by atoms with van der Waals surface area (Å²) in [4.78, 5) is 14.1. The third-order valence-electron chi connectivity index (χ3n) is 3.21. The van der Waals surface area contributed by atoms with Crippen LogP contribution in [0.2, 0.25) is 0 Å². The Balaban J connectivity index is 2.60. The van der Waals surface area contributed by atoms with E-state index in [1.165, 1.54) is 0 Å². The first-order chi connectivity index (χ1) is 6.84. The Morgan fingerprint density at radius 2 is 2.07 bits per heavy atom.